The molecule has 27 heavy (non-hydrogen) atoms. The fourth-order valence-electron chi connectivity index (χ4n) is 2.50. The first-order valence-corrected chi connectivity index (χ1v) is 11.9. The van der Waals surface area contributed by atoms with E-state index in [2.05, 4.69) is 34.5 Å². The van der Waals surface area contributed by atoms with Gasteiger partial charge < -0.3 is 4.74 Å². The summed E-state index contributed by atoms with van der Waals surface area (Å²) in [5.74, 6) is 1.64. The molecule has 0 aliphatic carbocycles. The molecular weight excluding hydrogens is 420 g/mol. The maximum atomic E-state index is 8.13. The standard InChI is InChI=1S/C16H18N6OS4/c17-13-21-9-11-1-2-12(4-3-11)10-22-14(18)27-16(20-22)25-8-6-23-5-7-24-15(19-21)26-13/h1-4,17-18H,5-10H2. The monoisotopic (exact) mass is 438 g/mol. The van der Waals surface area contributed by atoms with Gasteiger partial charge in [-0.2, -0.15) is 10.2 Å². The van der Waals surface area contributed by atoms with Gasteiger partial charge in [-0.05, 0) is 11.1 Å². The minimum Gasteiger partial charge on any atom is -0.380 e. The van der Waals surface area contributed by atoms with Crippen LogP contribution in [0.3, 0.4) is 0 Å². The summed E-state index contributed by atoms with van der Waals surface area (Å²) in [6, 6.07) is 8.23. The van der Waals surface area contributed by atoms with Crippen LogP contribution in [0.25, 0.3) is 0 Å². The first kappa shape index (κ1) is 18.9. The number of ether oxygens (including phenoxy) is 1. The van der Waals surface area contributed by atoms with Gasteiger partial charge in [0.2, 0.25) is 9.60 Å². The van der Waals surface area contributed by atoms with E-state index in [9.17, 15) is 0 Å². The summed E-state index contributed by atoms with van der Waals surface area (Å²) in [7, 11) is 0. The number of thioether (sulfide) groups is 2. The average molecular weight is 439 g/mol. The van der Waals surface area contributed by atoms with E-state index < -0.39 is 0 Å². The van der Waals surface area contributed by atoms with Crippen molar-refractivity contribution in [2.24, 2.45) is 0 Å². The Bertz CT molecular complexity index is 937. The molecule has 5 rings (SSSR count). The van der Waals surface area contributed by atoms with Crippen molar-refractivity contribution in [3.05, 3.63) is 45.0 Å². The summed E-state index contributed by atoms with van der Waals surface area (Å²) in [5, 5.41) is 25.3. The molecule has 0 fully saturated rings. The quantitative estimate of drug-likeness (QED) is 0.562. The molecule has 0 radical (unpaired) electrons. The molecule has 0 saturated carbocycles. The fraction of sp³-hybridized carbons (Fsp3) is 0.375. The lowest BCUT2D eigenvalue weighted by atomic mass is 10.1. The number of benzene rings is 1. The lowest BCUT2D eigenvalue weighted by Gasteiger charge is -2.05. The highest BCUT2D eigenvalue weighted by Crippen LogP contribution is 2.20. The van der Waals surface area contributed by atoms with E-state index in [0.29, 0.717) is 35.9 Å². The van der Waals surface area contributed by atoms with Gasteiger partial charge in [0.1, 0.15) is 0 Å². The number of hydrogen-bond donors (Lipinski definition) is 2. The predicted molar refractivity (Wildman–Crippen MR) is 109 cm³/mol. The van der Waals surface area contributed by atoms with Crippen molar-refractivity contribution in [1.29, 1.82) is 10.8 Å². The van der Waals surface area contributed by atoms with Gasteiger partial charge in [-0.3, -0.25) is 10.8 Å². The summed E-state index contributed by atoms with van der Waals surface area (Å²) >= 11 is 6.07. The number of nitrogens with one attached hydrogen (secondary N) is 2. The van der Waals surface area contributed by atoms with Crippen molar-refractivity contribution in [3.63, 3.8) is 0 Å². The smallest absolute Gasteiger partial charge is 0.201 e. The molecule has 7 nitrogen and oxygen atoms in total. The first-order chi connectivity index (χ1) is 13.2. The molecule has 2 aromatic heterocycles. The number of hydrogen-bond acceptors (Lipinski definition) is 9. The van der Waals surface area contributed by atoms with Crippen molar-refractivity contribution >= 4 is 46.2 Å². The van der Waals surface area contributed by atoms with Gasteiger partial charge in [0.25, 0.3) is 0 Å². The van der Waals surface area contributed by atoms with E-state index in [4.69, 9.17) is 15.6 Å². The van der Waals surface area contributed by atoms with Gasteiger partial charge in [0, 0.05) is 11.5 Å². The molecule has 2 N–H and O–H groups in total. The Balaban J connectivity index is 1.58. The molecule has 142 valence electrons. The normalized spacial score (nSPS) is 15.9. The fourth-order valence-corrected chi connectivity index (χ4v) is 6.04. The molecule has 6 bridgehead atoms. The number of nitrogens with zero attached hydrogens (tertiary/aromatic N) is 4. The molecule has 4 heterocycles. The van der Waals surface area contributed by atoms with Crippen LogP contribution in [-0.4, -0.2) is 44.3 Å². The molecule has 0 atom stereocenters. The van der Waals surface area contributed by atoms with E-state index in [-0.39, 0.29) is 0 Å². The third-order valence-electron chi connectivity index (χ3n) is 3.84. The van der Waals surface area contributed by atoms with Crippen LogP contribution in [0.4, 0.5) is 0 Å². The molecule has 0 saturated heterocycles. The van der Waals surface area contributed by atoms with Gasteiger partial charge in [-0.1, -0.05) is 70.5 Å². The second-order valence-corrected chi connectivity index (χ2v) is 10.4. The van der Waals surface area contributed by atoms with Crippen LogP contribution in [0.5, 0.6) is 0 Å². The van der Waals surface area contributed by atoms with Gasteiger partial charge in [-0.25, -0.2) is 9.36 Å². The molecule has 0 spiro atoms. The highest BCUT2D eigenvalue weighted by atomic mass is 32.2. The highest BCUT2D eigenvalue weighted by Gasteiger charge is 2.08. The summed E-state index contributed by atoms with van der Waals surface area (Å²) in [6.45, 7) is 2.48. The zero-order valence-corrected chi connectivity index (χ0v) is 17.6. The topological polar surface area (TPSA) is 92.6 Å². The van der Waals surface area contributed by atoms with Crippen LogP contribution >= 0.6 is 46.2 Å². The Hall–Kier alpha value is -1.40. The maximum Gasteiger partial charge on any atom is 0.201 e. The van der Waals surface area contributed by atoms with Crippen molar-refractivity contribution in [2.75, 3.05) is 24.7 Å². The molecule has 1 aromatic carbocycles. The summed E-state index contributed by atoms with van der Waals surface area (Å²) in [6.07, 6.45) is 0. The van der Waals surface area contributed by atoms with Gasteiger partial charge in [0.05, 0.1) is 26.3 Å². The number of rotatable bonds is 0. The van der Waals surface area contributed by atoms with Crippen molar-refractivity contribution in [1.82, 2.24) is 19.6 Å². The van der Waals surface area contributed by atoms with E-state index >= 15 is 0 Å². The molecule has 3 aromatic rings. The van der Waals surface area contributed by atoms with E-state index in [1.807, 2.05) is 0 Å². The minimum absolute atomic E-state index is 0.456. The second-order valence-electron chi connectivity index (χ2n) is 5.79. The van der Waals surface area contributed by atoms with Crippen LogP contribution < -0.4 is 9.60 Å². The van der Waals surface area contributed by atoms with Crippen molar-refractivity contribution in [2.45, 2.75) is 21.8 Å². The largest absolute Gasteiger partial charge is 0.380 e. The summed E-state index contributed by atoms with van der Waals surface area (Å²) in [5.41, 5.74) is 2.21. The average Bonchev–Trinajstić information content (AvgIpc) is 3.17. The molecule has 0 unspecified atom stereocenters. The van der Waals surface area contributed by atoms with E-state index in [0.717, 1.165) is 31.3 Å². The Labute approximate surface area is 172 Å². The Morgan fingerprint density at radius 2 is 1.22 bits per heavy atom. The Kier molecular flexibility index (Phi) is 6.13. The second kappa shape index (κ2) is 8.74. The summed E-state index contributed by atoms with van der Waals surface area (Å²) in [4.78, 5) is 0.912. The molecular formula is C16H18N6OS4. The van der Waals surface area contributed by atoms with Crippen molar-refractivity contribution in [3.8, 4) is 0 Å². The SMILES string of the molecule is N=c1sc2nn1Cc1ccc(cc1)Cn1nc(sc1=N)SCCOCCS2. The lowest BCUT2D eigenvalue weighted by Crippen LogP contribution is -2.16. The zero-order chi connectivity index (χ0) is 18.6. The first-order valence-electron chi connectivity index (χ1n) is 8.33. The third-order valence-corrected chi connectivity index (χ3v) is 7.76. The van der Waals surface area contributed by atoms with E-state index in [1.54, 1.807) is 32.9 Å². The van der Waals surface area contributed by atoms with Crippen LogP contribution in [-0.2, 0) is 17.8 Å². The van der Waals surface area contributed by atoms with Gasteiger partial charge in [-0.15, -0.1) is 0 Å². The molecule has 2 aliphatic rings. The van der Waals surface area contributed by atoms with Crippen molar-refractivity contribution < 1.29 is 4.74 Å². The van der Waals surface area contributed by atoms with Crippen LogP contribution in [0, 0.1) is 10.8 Å². The summed E-state index contributed by atoms with van der Waals surface area (Å²) < 4.78 is 11.0. The number of aromatic nitrogens is 4. The van der Waals surface area contributed by atoms with Gasteiger partial charge in [0.15, 0.2) is 8.68 Å². The Morgan fingerprint density at radius 3 is 1.67 bits per heavy atom. The highest BCUT2D eigenvalue weighted by molar-refractivity contribution is 8.01. The lowest BCUT2D eigenvalue weighted by molar-refractivity contribution is 0.167. The van der Waals surface area contributed by atoms with E-state index in [1.165, 1.54) is 22.7 Å². The predicted octanol–water partition coefficient (Wildman–Crippen LogP) is 2.47. The number of fused-ring (bicyclic) bond motifs is 8. The maximum absolute atomic E-state index is 8.13. The molecule has 11 heteroatoms. The minimum atomic E-state index is 0.456. The third kappa shape index (κ3) is 4.91. The van der Waals surface area contributed by atoms with Crippen LogP contribution in [0.1, 0.15) is 11.1 Å². The molecule has 0 amide bonds. The Morgan fingerprint density at radius 1 is 0.778 bits per heavy atom. The van der Waals surface area contributed by atoms with Crippen LogP contribution in [0.2, 0.25) is 0 Å². The van der Waals surface area contributed by atoms with Gasteiger partial charge >= 0.3 is 0 Å². The zero-order valence-electron chi connectivity index (χ0n) is 14.4. The molecule has 2 aliphatic heterocycles. The van der Waals surface area contributed by atoms with Crippen LogP contribution in [0.15, 0.2) is 32.9 Å².